The average molecular weight is 374 g/mol. The Kier molecular flexibility index (Phi) is 10.2. The average Bonchev–Trinajstić information content (AvgIpc) is 2.60. The molecule has 1 heterocycles. The molecule has 7 nitrogen and oxygen atoms in total. The molecule has 0 radical (unpaired) electrons. The molecule has 25 heavy (non-hydrogen) atoms. The molecule has 0 bridgehead atoms. The second-order valence-electron chi connectivity index (χ2n) is 5.46. The number of ether oxygens (including phenoxy) is 3. The Morgan fingerprint density at radius 3 is 2.48 bits per heavy atom. The number of hydrogen-bond donors (Lipinski definition) is 4. The van der Waals surface area contributed by atoms with Crippen LogP contribution >= 0.6 is 8.15 Å². The van der Waals surface area contributed by atoms with Gasteiger partial charge in [0.05, 0.1) is 20.6 Å². The number of hydrogen-bond acceptors (Lipinski definition) is 7. The maximum Gasteiger partial charge on any atom is 0.229 e. The summed E-state index contributed by atoms with van der Waals surface area (Å²) in [6, 6.07) is 0. The van der Waals surface area contributed by atoms with Crippen LogP contribution < -0.4 is 0 Å². The summed E-state index contributed by atoms with van der Waals surface area (Å²) in [6.45, 7) is 7.17. The predicted octanol–water partition coefficient (Wildman–Crippen LogP) is 1.01. The van der Waals surface area contributed by atoms with Crippen LogP contribution in [0.5, 0.6) is 0 Å². The van der Waals surface area contributed by atoms with E-state index in [0.717, 1.165) is 0 Å². The van der Waals surface area contributed by atoms with Gasteiger partial charge in [0.15, 0.2) is 0 Å². The number of rotatable bonds is 10. The molecule has 0 spiro atoms. The van der Waals surface area contributed by atoms with Gasteiger partial charge in [-0.15, -0.1) is 0 Å². The van der Waals surface area contributed by atoms with Crippen molar-refractivity contribution in [2.24, 2.45) is 0 Å². The van der Waals surface area contributed by atoms with Gasteiger partial charge in [0.1, 0.15) is 24.1 Å². The van der Waals surface area contributed by atoms with Crippen molar-refractivity contribution in [3.8, 4) is 0 Å². The molecular formula is C17H27O7P. The Labute approximate surface area is 149 Å². The molecule has 0 aromatic carbocycles. The van der Waals surface area contributed by atoms with Gasteiger partial charge >= 0.3 is 0 Å². The van der Waals surface area contributed by atoms with Gasteiger partial charge in [-0.1, -0.05) is 31.4 Å². The first-order chi connectivity index (χ1) is 11.9. The first kappa shape index (κ1) is 22.0. The molecule has 1 rings (SSSR count). The van der Waals surface area contributed by atoms with Gasteiger partial charge in [-0.2, -0.15) is 0 Å². The third-order valence-electron chi connectivity index (χ3n) is 3.58. The Balaban J connectivity index is 2.75. The molecule has 1 saturated heterocycles. The number of aliphatic hydroxyl groups is 3. The number of methoxy groups -OCH3 is 1. The van der Waals surface area contributed by atoms with Crippen molar-refractivity contribution >= 4 is 8.15 Å². The first-order valence-electron chi connectivity index (χ1n) is 7.85. The maximum atomic E-state index is 10.1. The Bertz CT molecular complexity index is 480. The lowest BCUT2D eigenvalue weighted by Crippen LogP contribution is -2.58. The molecule has 4 unspecified atom stereocenters. The summed E-state index contributed by atoms with van der Waals surface area (Å²) in [5, 5.41) is 30.2. The normalized spacial score (nSPS) is 31.7. The van der Waals surface area contributed by atoms with Gasteiger partial charge in [0, 0.05) is 7.11 Å². The largest absolute Gasteiger partial charge is 0.462 e. The zero-order chi connectivity index (χ0) is 18.8. The molecule has 142 valence electrons. The van der Waals surface area contributed by atoms with E-state index >= 15 is 0 Å². The van der Waals surface area contributed by atoms with Gasteiger partial charge in [0.2, 0.25) is 6.29 Å². The first-order valence-corrected chi connectivity index (χ1v) is 9.52. The minimum atomic E-state index is -1.43. The molecule has 8 heteroatoms. The molecule has 4 N–H and O–H groups in total. The van der Waals surface area contributed by atoms with Crippen LogP contribution in [0.25, 0.3) is 0 Å². The summed E-state index contributed by atoms with van der Waals surface area (Å²) < 4.78 is 16.0. The molecule has 0 amide bonds. The zero-order valence-electron chi connectivity index (χ0n) is 14.3. The third-order valence-corrected chi connectivity index (χ3v) is 4.91. The quantitative estimate of drug-likeness (QED) is 0.257. The van der Waals surface area contributed by atoms with E-state index in [1.54, 1.807) is 24.3 Å². The van der Waals surface area contributed by atoms with Gasteiger partial charge < -0.3 is 34.4 Å². The lowest BCUT2D eigenvalue weighted by molar-refractivity contribution is -0.285. The highest BCUT2D eigenvalue weighted by Gasteiger charge is 2.44. The van der Waals surface area contributed by atoms with Crippen LogP contribution in [0, 0.1) is 0 Å². The van der Waals surface area contributed by atoms with Crippen LogP contribution in [0.3, 0.4) is 0 Å². The summed E-state index contributed by atoms with van der Waals surface area (Å²) in [6.07, 6.45) is 2.78. The van der Waals surface area contributed by atoms with Crippen LogP contribution in [0.15, 0.2) is 49.3 Å². The van der Waals surface area contributed by atoms with Crippen LogP contribution in [0.1, 0.15) is 6.42 Å². The fraction of sp³-hybridized carbons (Fsp3) is 0.529. The van der Waals surface area contributed by atoms with Crippen LogP contribution in [-0.2, 0) is 14.2 Å². The van der Waals surface area contributed by atoms with Crippen molar-refractivity contribution in [2.45, 2.75) is 37.1 Å². The second-order valence-corrected chi connectivity index (χ2v) is 7.18. The number of aliphatic hydroxyl groups excluding tert-OH is 3. The summed E-state index contributed by atoms with van der Waals surface area (Å²) >= 11 is 0. The van der Waals surface area contributed by atoms with E-state index in [-0.39, 0.29) is 6.35 Å². The third kappa shape index (κ3) is 6.99. The second kappa shape index (κ2) is 11.5. The number of allylic oxidation sites excluding steroid dienone is 5. The molecule has 6 atom stereocenters. The van der Waals surface area contributed by atoms with Gasteiger partial charge in [-0.05, 0) is 24.7 Å². The molecule has 0 saturated carbocycles. The fourth-order valence-electron chi connectivity index (χ4n) is 2.26. The van der Waals surface area contributed by atoms with E-state index < -0.39 is 38.9 Å². The lowest BCUT2D eigenvalue weighted by Gasteiger charge is -2.40. The van der Waals surface area contributed by atoms with Crippen molar-refractivity contribution < 1.29 is 34.4 Å². The van der Waals surface area contributed by atoms with Crippen molar-refractivity contribution in [1.82, 2.24) is 0 Å². The summed E-state index contributed by atoms with van der Waals surface area (Å²) in [4.78, 5) is 9.78. The SMILES string of the molecule is C=C/C=C\C=C(/C=C)O[C@H]1OC(CCP(O)COC)[C@@H](O)C(O)C1O. The van der Waals surface area contributed by atoms with Gasteiger partial charge in [-0.25, -0.2) is 0 Å². The van der Waals surface area contributed by atoms with Crippen LogP contribution in [-0.4, -0.2) is 70.5 Å². The summed E-state index contributed by atoms with van der Waals surface area (Å²) in [7, 11) is 0.153. The fourth-order valence-corrected chi connectivity index (χ4v) is 3.24. The van der Waals surface area contributed by atoms with Gasteiger partial charge in [-0.3, -0.25) is 0 Å². The summed E-state index contributed by atoms with van der Waals surface area (Å²) in [5.41, 5.74) is 0. The topological polar surface area (TPSA) is 109 Å². The van der Waals surface area contributed by atoms with Crippen molar-refractivity contribution in [2.75, 3.05) is 19.6 Å². The van der Waals surface area contributed by atoms with Crippen LogP contribution in [0.2, 0.25) is 0 Å². The molecule has 1 aliphatic heterocycles. The zero-order valence-corrected chi connectivity index (χ0v) is 15.2. The molecule has 0 aromatic heterocycles. The van der Waals surface area contributed by atoms with E-state index in [9.17, 15) is 20.2 Å². The van der Waals surface area contributed by atoms with Crippen molar-refractivity contribution in [3.05, 3.63) is 49.3 Å². The van der Waals surface area contributed by atoms with E-state index in [0.29, 0.717) is 18.3 Å². The highest BCUT2D eigenvalue weighted by Crippen LogP contribution is 2.33. The highest BCUT2D eigenvalue weighted by molar-refractivity contribution is 7.51. The maximum absolute atomic E-state index is 10.1. The molecule has 0 aliphatic carbocycles. The monoisotopic (exact) mass is 374 g/mol. The van der Waals surface area contributed by atoms with E-state index in [2.05, 4.69) is 13.2 Å². The smallest absolute Gasteiger partial charge is 0.229 e. The minimum Gasteiger partial charge on any atom is -0.462 e. The Morgan fingerprint density at radius 1 is 1.16 bits per heavy atom. The van der Waals surface area contributed by atoms with Crippen LogP contribution in [0.4, 0.5) is 0 Å². The van der Waals surface area contributed by atoms with E-state index in [1.165, 1.54) is 13.2 Å². The van der Waals surface area contributed by atoms with E-state index in [1.807, 2.05) is 0 Å². The lowest BCUT2D eigenvalue weighted by atomic mass is 9.97. The summed E-state index contributed by atoms with van der Waals surface area (Å²) in [5.74, 6) is 0.327. The van der Waals surface area contributed by atoms with Crippen molar-refractivity contribution in [1.29, 1.82) is 0 Å². The minimum absolute atomic E-state index is 0.224. The molecular weight excluding hydrogens is 347 g/mol. The van der Waals surface area contributed by atoms with Crippen molar-refractivity contribution in [3.63, 3.8) is 0 Å². The molecule has 1 aliphatic rings. The van der Waals surface area contributed by atoms with E-state index in [4.69, 9.17) is 14.2 Å². The standard InChI is InChI=1S/C17H27O7P/c1-4-6-7-8-12(5-2)23-17-16(20)15(19)14(18)13(24-17)9-10-25(21)11-22-3/h4-8,13-21H,1-2,9-11H2,3H3/b7-6-,12-8+/t13?,14-,15?,16?,17+,25?/m1/s1. The molecule has 0 aromatic rings. The highest BCUT2D eigenvalue weighted by atomic mass is 31.1. The Morgan fingerprint density at radius 2 is 1.88 bits per heavy atom. The van der Waals surface area contributed by atoms with Gasteiger partial charge in [0.25, 0.3) is 0 Å². The Hall–Kier alpha value is -1.05. The predicted molar refractivity (Wildman–Crippen MR) is 95.9 cm³/mol. The molecule has 1 fully saturated rings.